The summed E-state index contributed by atoms with van der Waals surface area (Å²) in [6, 6.07) is 0. The van der Waals surface area contributed by atoms with Crippen LogP contribution in [-0.4, -0.2) is 90.4 Å². The number of aliphatic carboxylic acids is 1. The maximum absolute atomic E-state index is 12.8. The van der Waals surface area contributed by atoms with E-state index in [-0.39, 0.29) is 0 Å². The van der Waals surface area contributed by atoms with Gasteiger partial charge < -0.3 is 19.7 Å². The van der Waals surface area contributed by atoms with E-state index in [4.69, 9.17) is 0 Å². The van der Waals surface area contributed by atoms with Crippen molar-refractivity contribution >= 4 is 5.97 Å². The van der Waals surface area contributed by atoms with Gasteiger partial charge in [-0.3, -0.25) is 0 Å². The Morgan fingerprint density at radius 1 is 0.692 bits per heavy atom. The molecule has 0 atom stereocenters. The van der Waals surface area contributed by atoms with Crippen LogP contribution in [0.1, 0.15) is 40.5 Å². The number of alkyl halides is 15. The third-order valence-electron chi connectivity index (χ3n) is 7.29. The van der Waals surface area contributed by atoms with Crippen molar-refractivity contribution < 1.29 is 80.2 Å². The molecule has 234 valence electrons. The fourth-order valence-corrected chi connectivity index (χ4v) is 4.50. The lowest BCUT2D eigenvalue weighted by Gasteiger charge is -2.55. The number of likely N-dealkylation sites (N-methyl/N-ethyl adjacent to an activating group) is 1. The molecular formula is C20H27F15N2O2. The minimum Gasteiger partial charge on any atom is -0.544 e. The zero-order chi connectivity index (χ0) is 31.7. The Balaban J connectivity index is 0.000000864. The predicted octanol–water partition coefficient (Wildman–Crippen LogP) is 5.12. The van der Waals surface area contributed by atoms with Crippen molar-refractivity contribution in [3.63, 3.8) is 0 Å². The molecule has 1 rings (SSSR count). The molecule has 1 N–H and O–H groups in total. The van der Waals surface area contributed by atoms with Crippen LogP contribution in [0.25, 0.3) is 0 Å². The van der Waals surface area contributed by atoms with Gasteiger partial charge in [0.15, 0.2) is 0 Å². The minimum atomic E-state index is -8.50. The summed E-state index contributed by atoms with van der Waals surface area (Å²) in [5, 5.41) is 13.2. The molecule has 1 saturated heterocycles. The molecule has 0 radical (unpaired) electrons. The second-order valence-electron chi connectivity index (χ2n) is 8.84. The number of piperazine rings is 1. The van der Waals surface area contributed by atoms with Crippen molar-refractivity contribution in [3.05, 3.63) is 0 Å². The largest absolute Gasteiger partial charge is 0.544 e. The molecule has 4 nitrogen and oxygen atoms in total. The van der Waals surface area contributed by atoms with E-state index in [2.05, 4.69) is 33.0 Å². The van der Waals surface area contributed by atoms with Crippen molar-refractivity contribution in [3.8, 4) is 0 Å². The molecule has 1 fully saturated rings. The summed E-state index contributed by atoms with van der Waals surface area (Å²) >= 11 is 0. The number of nitrogens with one attached hydrogen (secondary N) is 1. The van der Waals surface area contributed by atoms with Gasteiger partial charge >= 0.3 is 41.7 Å². The number of rotatable bonds is 10. The third-order valence-corrected chi connectivity index (χ3v) is 7.29. The summed E-state index contributed by atoms with van der Waals surface area (Å²) in [4.78, 5) is 9.61. The molecule has 0 amide bonds. The zero-order valence-electron chi connectivity index (χ0n) is 20.9. The first kappa shape index (κ1) is 37.3. The lowest BCUT2D eigenvalue weighted by Crippen LogP contribution is -2.74. The van der Waals surface area contributed by atoms with Crippen LogP contribution in [0.15, 0.2) is 0 Å². The smallest absolute Gasteiger partial charge is 0.460 e. The second-order valence-corrected chi connectivity index (χ2v) is 8.84. The number of carbonyl (C=O) groups is 1. The first-order chi connectivity index (χ1) is 17.1. The quantitative estimate of drug-likeness (QED) is 0.276. The number of halogens is 15. The van der Waals surface area contributed by atoms with Gasteiger partial charge in [0.05, 0.1) is 26.2 Å². The van der Waals surface area contributed by atoms with Crippen LogP contribution in [-0.2, 0) is 4.79 Å². The molecule has 1 aliphatic heterocycles. The van der Waals surface area contributed by atoms with E-state index in [0.717, 1.165) is 0 Å². The summed E-state index contributed by atoms with van der Waals surface area (Å²) in [6.45, 7) is 15.7. The molecule has 0 unspecified atom stereocenters. The van der Waals surface area contributed by atoms with Gasteiger partial charge in [0.2, 0.25) is 0 Å². The van der Waals surface area contributed by atoms with E-state index in [1.807, 2.05) is 0 Å². The van der Waals surface area contributed by atoms with Gasteiger partial charge in [-0.2, -0.15) is 65.9 Å². The van der Waals surface area contributed by atoms with E-state index >= 15 is 0 Å². The second kappa shape index (κ2) is 11.3. The summed E-state index contributed by atoms with van der Waals surface area (Å²) in [6.07, 6.45) is -5.10. The topological polar surface area (TPSA) is 52.2 Å². The van der Waals surface area contributed by atoms with Gasteiger partial charge in [-0.05, 0) is 13.8 Å². The van der Waals surface area contributed by atoms with Gasteiger partial charge in [-0.15, -0.1) is 0 Å². The fraction of sp³-hybridized carbons (Fsp3) is 0.950. The molecule has 0 bridgehead atoms. The Hall–Kier alpha value is -1.66. The van der Waals surface area contributed by atoms with Crippen LogP contribution < -0.4 is 10.4 Å². The monoisotopic (exact) mass is 612 g/mol. The molecule has 0 aromatic rings. The van der Waals surface area contributed by atoms with Crippen molar-refractivity contribution in [2.45, 2.75) is 87.8 Å². The molecule has 39 heavy (non-hydrogen) atoms. The SMILES string of the molecule is CCC1(CC)CNCC[N+]1(CC)CC.O=C([O-])C(F)(F)C(F)(F)C(F)(F)C(F)(F)C(F)(F)C(F)(F)C(F)(F)F. The van der Waals surface area contributed by atoms with Crippen molar-refractivity contribution in [2.24, 2.45) is 0 Å². The van der Waals surface area contributed by atoms with Crippen molar-refractivity contribution in [1.29, 1.82) is 0 Å². The van der Waals surface area contributed by atoms with Crippen LogP contribution in [0.5, 0.6) is 0 Å². The molecule has 19 heteroatoms. The highest BCUT2D eigenvalue weighted by atomic mass is 19.4. The average molecular weight is 612 g/mol. The van der Waals surface area contributed by atoms with Gasteiger partial charge in [-0.1, -0.05) is 13.8 Å². The molecule has 0 aliphatic carbocycles. The Kier molecular flexibility index (Phi) is 10.8. The predicted molar refractivity (Wildman–Crippen MR) is 103 cm³/mol. The van der Waals surface area contributed by atoms with Crippen molar-refractivity contribution in [2.75, 3.05) is 32.7 Å². The highest BCUT2D eigenvalue weighted by molar-refractivity contribution is 5.75. The van der Waals surface area contributed by atoms with E-state index in [1.54, 1.807) is 0 Å². The number of hydrogen-bond donors (Lipinski definition) is 1. The number of nitrogens with zero attached hydrogens (tertiary/aromatic N) is 1. The number of quaternary nitrogens is 1. The molecule has 1 heterocycles. The molecule has 0 aromatic carbocycles. The zero-order valence-corrected chi connectivity index (χ0v) is 20.9. The summed E-state index contributed by atoms with van der Waals surface area (Å²) in [5.74, 6) is -53.3. The molecule has 0 aromatic heterocycles. The summed E-state index contributed by atoms with van der Waals surface area (Å²) in [7, 11) is 0. The van der Waals surface area contributed by atoms with Crippen LogP contribution in [0.4, 0.5) is 65.9 Å². The lowest BCUT2D eigenvalue weighted by atomic mass is 9.85. The first-order valence-corrected chi connectivity index (χ1v) is 11.3. The summed E-state index contributed by atoms with van der Waals surface area (Å²) in [5.41, 5.74) is 0.502. The highest BCUT2D eigenvalue weighted by Gasteiger charge is 2.93. The Morgan fingerprint density at radius 2 is 1.05 bits per heavy atom. The average Bonchev–Trinajstić information content (AvgIpc) is 2.82. The van der Waals surface area contributed by atoms with Gasteiger partial charge in [-0.25, -0.2) is 0 Å². The minimum absolute atomic E-state index is 0.502. The third kappa shape index (κ3) is 5.49. The standard InChI is InChI=1S/C12H27N2.C8HF15O2/c1-5-12(6-2)11-13-9-10-14(12,7-3)8-4;9-2(10,1(24)25)3(11,12)4(13,14)5(15,16)6(17,18)7(19,20)8(21,22)23/h13H,5-11H2,1-4H3;(H,24,25)/q+1;/p-1. The van der Waals surface area contributed by atoms with Gasteiger partial charge in [0, 0.05) is 19.4 Å². The number of carbonyl (C=O) groups excluding carboxylic acids is 1. The Bertz CT molecular complexity index is 815. The lowest BCUT2D eigenvalue weighted by molar-refractivity contribution is -0.976. The van der Waals surface area contributed by atoms with Crippen LogP contribution in [0.3, 0.4) is 0 Å². The normalized spacial score (nSPS) is 19.3. The Morgan fingerprint density at radius 3 is 1.33 bits per heavy atom. The van der Waals surface area contributed by atoms with Gasteiger partial charge in [0.25, 0.3) is 0 Å². The van der Waals surface area contributed by atoms with E-state index in [9.17, 15) is 75.8 Å². The summed E-state index contributed by atoms with van der Waals surface area (Å²) < 4.78 is 188. The van der Waals surface area contributed by atoms with E-state index < -0.39 is 47.7 Å². The molecular weight excluding hydrogens is 585 g/mol. The number of carboxylic acid groups (broad SMARTS) is 1. The fourth-order valence-electron chi connectivity index (χ4n) is 4.50. The number of carboxylic acids is 1. The number of hydrogen-bond acceptors (Lipinski definition) is 3. The highest BCUT2D eigenvalue weighted by Crippen LogP contribution is 2.62. The van der Waals surface area contributed by atoms with E-state index in [0.29, 0.717) is 5.54 Å². The molecule has 0 saturated carbocycles. The maximum Gasteiger partial charge on any atom is 0.460 e. The van der Waals surface area contributed by atoms with Crippen LogP contribution in [0.2, 0.25) is 0 Å². The first-order valence-electron chi connectivity index (χ1n) is 11.3. The van der Waals surface area contributed by atoms with Crippen LogP contribution >= 0.6 is 0 Å². The van der Waals surface area contributed by atoms with Crippen LogP contribution in [0, 0.1) is 0 Å². The van der Waals surface area contributed by atoms with E-state index in [1.165, 1.54) is 50.0 Å². The molecule has 1 aliphatic rings. The molecule has 0 spiro atoms. The van der Waals surface area contributed by atoms with Crippen molar-refractivity contribution in [1.82, 2.24) is 5.32 Å². The van der Waals surface area contributed by atoms with Gasteiger partial charge in [0.1, 0.15) is 11.5 Å². The Labute approximate surface area is 213 Å². The maximum atomic E-state index is 12.8.